The second kappa shape index (κ2) is 12.9. The van der Waals surface area contributed by atoms with Crippen LogP contribution in [0, 0.1) is 26.7 Å². The Morgan fingerprint density at radius 2 is 1.66 bits per heavy atom. The van der Waals surface area contributed by atoms with Gasteiger partial charge in [-0.3, -0.25) is 4.79 Å². The number of nitrogens with zero attached hydrogens (tertiary/aromatic N) is 5. The van der Waals surface area contributed by atoms with Crippen LogP contribution in [0.2, 0.25) is 0 Å². The molecule has 2 aromatic rings. The van der Waals surface area contributed by atoms with Crippen molar-refractivity contribution in [2.75, 3.05) is 64.6 Å². The molecule has 1 saturated heterocycles. The van der Waals surface area contributed by atoms with E-state index in [0.717, 1.165) is 49.8 Å². The third-order valence-electron chi connectivity index (χ3n) is 7.14. The summed E-state index contributed by atoms with van der Waals surface area (Å²) in [4.78, 5) is 17.4. The van der Waals surface area contributed by atoms with Crippen molar-refractivity contribution in [3.8, 4) is 5.75 Å². The predicted octanol–water partition coefficient (Wildman–Crippen LogP) is 3.23. The Bertz CT molecular complexity index is 1200. The molecule has 2 heterocycles. The molecule has 0 saturated carbocycles. The largest absolute Gasteiger partial charge is 0.497 e. The monoisotopic (exact) mass is 546 g/mol. The number of amides is 1. The van der Waals surface area contributed by atoms with Crippen LogP contribution < -0.4 is 15.0 Å². The molecule has 3 rings (SSSR count). The van der Waals surface area contributed by atoms with Crippen LogP contribution in [0.3, 0.4) is 0 Å². The van der Waals surface area contributed by atoms with Crippen LogP contribution in [0.1, 0.15) is 42.4 Å². The summed E-state index contributed by atoms with van der Waals surface area (Å²) < 4.78 is 32.8. The quantitative estimate of drug-likeness (QED) is 0.458. The third-order valence-corrected chi connectivity index (χ3v) is 9.31. The standard InChI is InChI=1S/C27H42N6O4S/c1-19-16-23(37-7)17-20(2)26(19)38(35,36)32(6)13-11-25(34)28-27-21(3)18-24(29-30-27)33-14-9-22(10-15-33)8-12-31(4)5/h16-18,22H,8-15H2,1-7H3,(H,28,30,34). The number of carbonyl (C=O) groups is 1. The van der Waals surface area contributed by atoms with Gasteiger partial charge in [-0.15, -0.1) is 10.2 Å². The van der Waals surface area contributed by atoms with E-state index >= 15 is 0 Å². The number of aromatic nitrogens is 2. The van der Waals surface area contributed by atoms with Crippen molar-refractivity contribution < 1.29 is 17.9 Å². The van der Waals surface area contributed by atoms with E-state index in [1.807, 2.05) is 13.0 Å². The van der Waals surface area contributed by atoms with Crippen molar-refractivity contribution in [2.24, 2.45) is 5.92 Å². The fourth-order valence-electron chi connectivity index (χ4n) is 4.81. The molecule has 1 fully saturated rings. The number of hydrogen-bond acceptors (Lipinski definition) is 8. The van der Waals surface area contributed by atoms with E-state index in [9.17, 15) is 13.2 Å². The van der Waals surface area contributed by atoms with Crippen molar-refractivity contribution >= 4 is 27.6 Å². The molecular formula is C27H42N6O4S. The topological polar surface area (TPSA) is 108 Å². The van der Waals surface area contributed by atoms with E-state index in [1.165, 1.54) is 17.8 Å². The van der Waals surface area contributed by atoms with Crippen LogP contribution in [-0.2, 0) is 14.8 Å². The molecule has 210 valence electrons. The molecule has 11 heteroatoms. The van der Waals surface area contributed by atoms with Gasteiger partial charge in [-0.1, -0.05) is 0 Å². The minimum Gasteiger partial charge on any atom is -0.497 e. The molecule has 1 aromatic heterocycles. The van der Waals surface area contributed by atoms with Gasteiger partial charge in [-0.2, -0.15) is 0 Å². The number of rotatable bonds is 11. The van der Waals surface area contributed by atoms with Crippen molar-refractivity contribution in [1.82, 2.24) is 19.4 Å². The van der Waals surface area contributed by atoms with Gasteiger partial charge in [0.2, 0.25) is 15.9 Å². The van der Waals surface area contributed by atoms with Crippen molar-refractivity contribution in [1.29, 1.82) is 0 Å². The second-order valence-corrected chi connectivity index (χ2v) is 12.5. The molecule has 38 heavy (non-hydrogen) atoms. The maximum absolute atomic E-state index is 13.2. The van der Waals surface area contributed by atoms with Crippen molar-refractivity contribution in [3.63, 3.8) is 0 Å². The highest BCUT2D eigenvalue weighted by Crippen LogP contribution is 2.28. The summed E-state index contributed by atoms with van der Waals surface area (Å²) in [5, 5.41) is 11.4. The Morgan fingerprint density at radius 3 is 2.21 bits per heavy atom. The molecule has 10 nitrogen and oxygen atoms in total. The molecule has 0 aliphatic carbocycles. The van der Waals surface area contributed by atoms with E-state index in [2.05, 4.69) is 39.4 Å². The first-order valence-corrected chi connectivity index (χ1v) is 14.5. The molecule has 1 N–H and O–H groups in total. The zero-order valence-electron chi connectivity index (χ0n) is 23.7. The Labute approximate surface area is 227 Å². The first-order valence-electron chi connectivity index (χ1n) is 13.1. The van der Waals surface area contributed by atoms with Crippen LogP contribution in [0.15, 0.2) is 23.1 Å². The molecule has 1 aliphatic rings. The Balaban J connectivity index is 1.55. The number of methoxy groups -OCH3 is 1. The van der Waals surface area contributed by atoms with Gasteiger partial charge in [-0.05, 0) is 101 Å². The summed E-state index contributed by atoms with van der Waals surface area (Å²) in [6.07, 6.45) is 3.48. The summed E-state index contributed by atoms with van der Waals surface area (Å²) in [7, 11) is 3.47. The Kier molecular flexibility index (Phi) is 10.1. The molecule has 0 unspecified atom stereocenters. The van der Waals surface area contributed by atoms with Gasteiger partial charge in [-0.25, -0.2) is 12.7 Å². The number of nitrogens with one attached hydrogen (secondary N) is 1. The first-order chi connectivity index (χ1) is 17.9. The lowest BCUT2D eigenvalue weighted by molar-refractivity contribution is -0.116. The number of anilines is 2. The van der Waals surface area contributed by atoms with E-state index < -0.39 is 10.0 Å². The van der Waals surface area contributed by atoms with Gasteiger partial charge in [0.15, 0.2) is 11.6 Å². The number of piperidine rings is 1. The fourth-order valence-corrected chi connectivity index (χ4v) is 6.38. The molecule has 1 aromatic carbocycles. The lowest BCUT2D eigenvalue weighted by atomic mass is 9.93. The average Bonchev–Trinajstić information content (AvgIpc) is 2.86. The summed E-state index contributed by atoms with van der Waals surface area (Å²) >= 11 is 0. The zero-order valence-corrected chi connectivity index (χ0v) is 24.6. The molecule has 0 atom stereocenters. The predicted molar refractivity (Wildman–Crippen MR) is 150 cm³/mol. The Hall–Kier alpha value is -2.76. The number of aryl methyl sites for hydroxylation is 3. The van der Waals surface area contributed by atoms with Crippen molar-refractivity contribution in [3.05, 3.63) is 34.9 Å². The van der Waals surface area contributed by atoms with Crippen molar-refractivity contribution in [2.45, 2.75) is 51.3 Å². The molecule has 1 aliphatic heterocycles. The highest BCUT2D eigenvalue weighted by Gasteiger charge is 2.26. The highest BCUT2D eigenvalue weighted by atomic mass is 32.2. The lowest BCUT2D eigenvalue weighted by Gasteiger charge is -2.33. The van der Waals surface area contributed by atoms with E-state index in [1.54, 1.807) is 33.1 Å². The minimum atomic E-state index is -3.77. The second-order valence-electron chi connectivity index (χ2n) is 10.5. The fraction of sp³-hybridized carbons (Fsp3) is 0.593. The van der Waals surface area contributed by atoms with E-state index in [-0.39, 0.29) is 23.8 Å². The molecule has 1 amide bonds. The normalized spacial score (nSPS) is 14.8. The molecular weight excluding hydrogens is 504 g/mol. The summed E-state index contributed by atoms with van der Waals surface area (Å²) in [6.45, 7) is 8.41. The van der Waals surface area contributed by atoms with Crippen LogP contribution >= 0.6 is 0 Å². The minimum absolute atomic E-state index is 0.00663. The number of hydrogen-bond donors (Lipinski definition) is 1. The molecule has 0 bridgehead atoms. The molecule has 0 spiro atoms. The summed E-state index contributed by atoms with van der Waals surface area (Å²) in [6, 6.07) is 5.34. The van der Waals surface area contributed by atoms with Crippen LogP contribution in [0.4, 0.5) is 11.6 Å². The third kappa shape index (κ3) is 7.42. The number of sulfonamides is 1. The van der Waals surface area contributed by atoms with Crippen LogP contribution in [0.25, 0.3) is 0 Å². The van der Waals surface area contributed by atoms with E-state index in [0.29, 0.717) is 22.7 Å². The van der Waals surface area contributed by atoms with E-state index in [4.69, 9.17) is 4.74 Å². The zero-order chi connectivity index (χ0) is 28.0. The summed E-state index contributed by atoms with van der Waals surface area (Å²) in [5.74, 6) is 2.24. The molecule has 0 radical (unpaired) electrons. The van der Waals surface area contributed by atoms with Gasteiger partial charge in [0, 0.05) is 33.1 Å². The first kappa shape index (κ1) is 29.8. The Morgan fingerprint density at radius 1 is 1.03 bits per heavy atom. The van der Waals surface area contributed by atoms with Gasteiger partial charge in [0.1, 0.15) is 5.75 Å². The maximum atomic E-state index is 13.2. The number of ether oxygens (including phenoxy) is 1. The van der Waals surface area contributed by atoms with Gasteiger partial charge < -0.3 is 19.9 Å². The van der Waals surface area contributed by atoms with Gasteiger partial charge in [0.25, 0.3) is 0 Å². The number of benzene rings is 1. The van der Waals surface area contributed by atoms with Crippen LogP contribution in [-0.4, -0.2) is 88.2 Å². The lowest BCUT2D eigenvalue weighted by Crippen LogP contribution is -2.35. The number of carbonyl (C=O) groups excluding carboxylic acids is 1. The van der Waals surface area contributed by atoms with Gasteiger partial charge >= 0.3 is 0 Å². The SMILES string of the molecule is COc1cc(C)c(S(=O)(=O)N(C)CCC(=O)Nc2nnc(N3CCC(CCN(C)C)CC3)cc2C)c(C)c1. The average molecular weight is 547 g/mol. The highest BCUT2D eigenvalue weighted by molar-refractivity contribution is 7.89. The smallest absolute Gasteiger partial charge is 0.243 e. The summed E-state index contributed by atoms with van der Waals surface area (Å²) in [5.41, 5.74) is 2.02. The maximum Gasteiger partial charge on any atom is 0.243 e. The van der Waals surface area contributed by atoms with Gasteiger partial charge in [0.05, 0.1) is 12.0 Å². The van der Waals surface area contributed by atoms with Crippen LogP contribution in [0.5, 0.6) is 5.75 Å².